The summed E-state index contributed by atoms with van der Waals surface area (Å²) in [5, 5.41) is 8.09. The number of benzene rings is 1. The van der Waals surface area contributed by atoms with Crippen LogP contribution in [0.1, 0.15) is 51.5 Å². The lowest BCUT2D eigenvalue weighted by atomic mass is 9.74. The minimum absolute atomic E-state index is 0.0849. The molecule has 2 aromatic rings. The number of piperidine rings is 1. The third-order valence-electron chi connectivity index (χ3n) is 8.02. The van der Waals surface area contributed by atoms with Gasteiger partial charge in [0, 0.05) is 62.4 Å². The van der Waals surface area contributed by atoms with Gasteiger partial charge < -0.3 is 25.2 Å². The Kier molecular flexibility index (Phi) is 8.37. The van der Waals surface area contributed by atoms with Crippen molar-refractivity contribution < 1.29 is 4.74 Å². The second-order valence-corrected chi connectivity index (χ2v) is 12.0. The summed E-state index contributed by atoms with van der Waals surface area (Å²) < 4.78 is 5.69. The van der Waals surface area contributed by atoms with E-state index in [0.717, 1.165) is 68.9 Å². The van der Waals surface area contributed by atoms with Crippen LogP contribution in [0.3, 0.4) is 0 Å². The first-order chi connectivity index (χ1) is 17.9. The Bertz CT molecular complexity index is 1080. The molecular weight excluding hydrogens is 504 g/mol. The highest BCUT2D eigenvalue weighted by Crippen LogP contribution is 2.35. The van der Waals surface area contributed by atoms with Gasteiger partial charge in [0.15, 0.2) is 5.11 Å². The number of aromatic nitrogens is 2. The van der Waals surface area contributed by atoms with Crippen LogP contribution in [0.2, 0.25) is 5.02 Å². The van der Waals surface area contributed by atoms with Crippen LogP contribution in [-0.2, 0) is 10.2 Å². The van der Waals surface area contributed by atoms with Gasteiger partial charge in [-0.1, -0.05) is 37.6 Å². The van der Waals surface area contributed by atoms with E-state index in [0.29, 0.717) is 29.4 Å². The van der Waals surface area contributed by atoms with Gasteiger partial charge in [0.05, 0.1) is 0 Å². The molecule has 5 rings (SSSR count). The third kappa shape index (κ3) is 6.47. The first kappa shape index (κ1) is 26.4. The Balaban J connectivity index is 1.33. The van der Waals surface area contributed by atoms with Crippen LogP contribution in [0.4, 0.5) is 17.6 Å². The zero-order chi connectivity index (χ0) is 25.8. The number of ether oxygens (including phenoxy) is 1. The molecule has 37 heavy (non-hydrogen) atoms. The lowest BCUT2D eigenvalue weighted by Crippen LogP contribution is -2.45. The Morgan fingerprint density at radius 3 is 2.41 bits per heavy atom. The zero-order valence-corrected chi connectivity index (χ0v) is 23.6. The van der Waals surface area contributed by atoms with Gasteiger partial charge in [0.2, 0.25) is 5.95 Å². The van der Waals surface area contributed by atoms with E-state index in [4.69, 9.17) is 38.5 Å². The number of anilines is 3. The van der Waals surface area contributed by atoms with Crippen molar-refractivity contribution in [2.75, 3.05) is 61.1 Å². The largest absolute Gasteiger partial charge is 0.381 e. The molecular formula is C28H39ClN6OS. The molecule has 0 spiro atoms. The molecule has 3 aliphatic rings. The summed E-state index contributed by atoms with van der Waals surface area (Å²) in [7, 11) is 0. The summed E-state index contributed by atoms with van der Waals surface area (Å²) >= 11 is 12.1. The Hall–Kier alpha value is -2.16. The van der Waals surface area contributed by atoms with Crippen molar-refractivity contribution in [2.45, 2.75) is 51.4 Å². The summed E-state index contributed by atoms with van der Waals surface area (Å²) in [6, 6.07) is 10.3. The average molecular weight is 543 g/mol. The van der Waals surface area contributed by atoms with E-state index < -0.39 is 0 Å². The standard InChI is InChI=1S/C28H39ClN6OS/c1-20-14-21(2)18-35(17-20)25-16-24(34-10-3-4-11-34)31-26(32-25)33-27(37)30-19-28(8-12-36-13-9-28)22-6-5-7-23(29)15-22/h5-7,15-16,20-21H,3-4,8-14,17-19H2,1-2H3,(H2,30,31,32,33,37)/t20-,21-/m0/s1. The molecule has 0 amide bonds. The minimum atomic E-state index is -0.0849. The molecule has 2 N–H and O–H groups in total. The molecule has 2 atom stereocenters. The number of nitrogens with zero attached hydrogens (tertiary/aromatic N) is 4. The van der Waals surface area contributed by atoms with Crippen LogP contribution in [-0.4, -0.2) is 61.0 Å². The smallest absolute Gasteiger partial charge is 0.232 e. The molecule has 9 heteroatoms. The van der Waals surface area contributed by atoms with E-state index in [2.05, 4.69) is 52.5 Å². The molecule has 0 radical (unpaired) electrons. The van der Waals surface area contributed by atoms with Crippen molar-refractivity contribution in [2.24, 2.45) is 11.8 Å². The number of halogens is 1. The molecule has 4 heterocycles. The minimum Gasteiger partial charge on any atom is -0.381 e. The Morgan fingerprint density at radius 1 is 1.05 bits per heavy atom. The molecule has 200 valence electrons. The lowest BCUT2D eigenvalue weighted by molar-refractivity contribution is 0.0515. The summed E-state index contributed by atoms with van der Waals surface area (Å²) in [6.45, 7) is 10.9. The highest BCUT2D eigenvalue weighted by atomic mass is 35.5. The van der Waals surface area contributed by atoms with E-state index in [1.807, 2.05) is 12.1 Å². The van der Waals surface area contributed by atoms with Crippen molar-refractivity contribution in [1.29, 1.82) is 0 Å². The molecule has 0 bridgehead atoms. The fourth-order valence-corrected chi connectivity index (χ4v) is 6.50. The van der Waals surface area contributed by atoms with Gasteiger partial charge in [-0.05, 0) is 73.9 Å². The first-order valence-corrected chi connectivity index (χ1v) is 14.5. The van der Waals surface area contributed by atoms with Gasteiger partial charge in [-0.2, -0.15) is 9.97 Å². The predicted octanol–water partition coefficient (Wildman–Crippen LogP) is 5.25. The van der Waals surface area contributed by atoms with Gasteiger partial charge in [0.25, 0.3) is 0 Å². The fourth-order valence-electron chi connectivity index (χ4n) is 6.14. The van der Waals surface area contributed by atoms with Crippen LogP contribution >= 0.6 is 23.8 Å². The third-order valence-corrected chi connectivity index (χ3v) is 8.50. The number of thiocarbonyl (C=S) groups is 1. The van der Waals surface area contributed by atoms with Gasteiger partial charge in [-0.25, -0.2) is 0 Å². The molecule has 0 saturated carbocycles. The monoisotopic (exact) mass is 542 g/mol. The molecule has 1 aromatic carbocycles. The molecule has 3 aliphatic heterocycles. The molecule has 0 aliphatic carbocycles. The summed E-state index contributed by atoms with van der Waals surface area (Å²) in [4.78, 5) is 14.6. The van der Waals surface area contributed by atoms with Gasteiger partial charge in [-0.15, -0.1) is 0 Å². The molecule has 3 fully saturated rings. The van der Waals surface area contributed by atoms with Crippen molar-refractivity contribution >= 4 is 46.5 Å². The summed E-state index contributed by atoms with van der Waals surface area (Å²) in [6.07, 6.45) is 5.50. The lowest BCUT2D eigenvalue weighted by Gasteiger charge is -2.38. The number of nitrogens with one attached hydrogen (secondary N) is 2. The van der Waals surface area contributed by atoms with E-state index in [1.54, 1.807) is 0 Å². The van der Waals surface area contributed by atoms with E-state index >= 15 is 0 Å². The van der Waals surface area contributed by atoms with Crippen LogP contribution < -0.4 is 20.4 Å². The molecule has 0 unspecified atom stereocenters. The number of hydrogen-bond donors (Lipinski definition) is 2. The van der Waals surface area contributed by atoms with E-state index in [1.165, 1.54) is 24.8 Å². The second-order valence-electron chi connectivity index (χ2n) is 11.2. The fraction of sp³-hybridized carbons (Fsp3) is 0.607. The van der Waals surface area contributed by atoms with Crippen LogP contribution in [0.25, 0.3) is 0 Å². The summed E-state index contributed by atoms with van der Waals surface area (Å²) in [5.74, 6) is 3.83. The topological polar surface area (TPSA) is 65.5 Å². The van der Waals surface area contributed by atoms with Crippen LogP contribution in [0.5, 0.6) is 0 Å². The van der Waals surface area contributed by atoms with Gasteiger partial charge in [-0.3, -0.25) is 0 Å². The van der Waals surface area contributed by atoms with Crippen molar-refractivity contribution in [3.05, 3.63) is 40.9 Å². The average Bonchev–Trinajstić information content (AvgIpc) is 3.43. The maximum Gasteiger partial charge on any atom is 0.232 e. The second kappa shape index (κ2) is 11.7. The van der Waals surface area contributed by atoms with Crippen LogP contribution in [0.15, 0.2) is 30.3 Å². The van der Waals surface area contributed by atoms with Gasteiger partial charge >= 0.3 is 0 Å². The highest BCUT2D eigenvalue weighted by Gasteiger charge is 2.35. The number of rotatable bonds is 6. The quantitative estimate of drug-likeness (QED) is 0.480. The van der Waals surface area contributed by atoms with Crippen LogP contribution in [0, 0.1) is 11.8 Å². The highest BCUT2D eigenvalue weighted by molar-refractivity contribution is 7.80. The SMILES string of the molecule is C[C@H]1C[C@H](C)CN(c2cc(N3CCCC3)nc(NC(=S)NCC3(c4cccc(Cl)c4)CCOCC3)n2)C1. The zero-order valence-electron chi connectivity index (χ0n) is 22.0. The molecule has 3 saturated heterocycles. The van der Waals surface area contributed by atoms with Crippen molar-refractivity contribution in [1.82, 2.24) is 15.3 Å². The number of hydrogen-bond acceptors (Lipinski definition) is 6. The van der Waals surface area contributed by atoms with Crippen molar-refractivity contribution in [3.8, 4) is 0 Å². The maximum atomic E-state index is 6.35. The Labute approximate surface area is 231 Å². The normalized spacial score (nSPS) is 23.6. The molecule has 7 nitrogen and oxygen atoms in total. The van der Waals surface area contributed by atoms with E-state index in [9.17, 15) is 0 Å². The molecule has 1 aromatic heterocycles. The summed E-state index contributed by atoms with van der Waals surface area (Å²) in [5.41, 5.74) is 1.14. The van der Waals surface area contributed by atoms with Crippen molar-refractivity contribution in [3.63, 3.8) is 0 Å². The Morgan fingerprint density at radius 2 is 1.73 bits per heavy atom. The van der Waals surface area contributed by atoms with E-state index in [-0.39, 0.29) is 5.41 Å². The van der Waals surface area contributed by atoms with Gasteiger partial charge in [0.1, 0.15) is 11.6 Å². The predicted molar refractivity (Wildman–Crippen MR) is 156 cm³/mol. The first-order valence-electron chi connectivity index (χ1n) is 13.7. The maximum absolute atomic E-state index is 6.35.